The zero-order chi connectivity index (χ0) is 19.3. The largest absolute Gasteiger partial charge is 0.497 e. The van der Waals surface area contributed by atoms with E-state index in [-0.39, 0.29) is 0 Å². The van der Waals surface area contributed by atoms with Crippen molar-refractivity contribution in [3.8, 4) is 22.8 Å². The minimum absolute atomic E-state index is 0.811. The maximum Gasteiger partial charge on any atom is 0.196 e. The van der Waals surface area contributed by atoms with Gasteiger partial charge in [-0.3, -0.25) is 4.57 Å². The number of rotatable bonds is 6. The Labute approximate surface area is 176 Å². The summed E-state index contributed by atoms with van der Waals surface area (Å²) >= 11 is 5.20. The van der Waals surface area contributed by atoms with Crippen molar-refractivity contribution >= 4 is 27.7 Å². The highest BCUT2D eigenvalue weighted by atomic mass is 79.9. The van der Waals surface area contributed by atoms with E-state index in [1.165, 1.54) is 5.56 Å². The maximum atomic E-state index is 5.27. The number of para-hydroxylation sites is 1. The molecule has 4 rings (SSSR count). The molecule has 4 aromatic rings. The van der Waals surface area contributed by atoms with E-state index in [0.29, 0.717) is 0 Å². The highest BCUT2D eigenvalue weighted by Gasteiger charge is 2.16. The van der Waals surface area contributed by atoms with E-state index in [4.69, 9.17) is 4.74 Å². The maximum absolute atomic E-state index is 5.27. The van der Waals surface area contributed by atoms with Gasteiger partial charge in [0.05, 0.1) is 7.11 Å². The SMILES string of the molecule is COc1ccc(-c2nnc(SCc3cccc(Br)c3)n2-c2ccccc2)cc1. The summed E-state index contributed by atoms with van der Waals surface area (Å²) in [6, 6.07) is 26.4. The number of hydrogen-bond acceptors (Lipinski definition) is 4. The Morgan fingerprint density at radius 2 is 1.71 bits per heavy atom. The molecule has 0 aliphatic heterocycles. The van der Waals surface area contributed by atoms with Gasteiger partial charge >= 0.3 is 0 Å². The Hall–Kier alpha value is -2.57. The highest BCUT2D eigenvalue weighted by Crippen LogP contribution is 2.30. The number of thioether (sulfide) groups is 1. The van der Waals surface area contributed by atoms with Crippen LogP contribution in [-0.2, 0) is 5.75 Å². The molecule has 0 atom stereocenters. The van der Waals surface area contributed by atoms with Crippen LogP contribution in [0.25, 0.3) is 17.1 Å². The summed E-state index contributed by atoms with van der Waals surface area (Å²) in [5.74, 6) is 2.44. The summed E-state index contributed by atoms with van der Waals surface area (Å²) < 4.78 is 8.45. The monoisotopic (exact) mass is 451 g/mol. The summed E-state index contributed by atoms with van der Waals surface area (Å²) in [5.41, 5.74) is 3.26. The van der Waals surface area contributed by atoms with Crippen molar-refractivity contribution in [1.29, 1.82) is 0 Å². The van der Waals surface area contributed by atoms with Gasteiger partial charge in [-0.25, -0.2) is 0 Å². The summed E-state index contributed by atoms with van der Waals surface area (Å²) in [7, 11) is 1.66. The van der Waals surface area contributed by atoms with Gasteiger partial charge in [0, 0.05) is 21.5 Å². The van der Waals surface area contributed by atoms with E-state index in [1.807, 2.05) is 54.6 Å². The average Bonchev–Trinajstić information content (AvgIpc) is 3.17. The van der Waals surface area contributed by atoms with E-state index in [2.05, 4.69) is 55.0 Å². The molecule has 140 valence electrons. The van der Waals surface area contributed by atoms with Gasteiger partial charge in [-0.15, -0.1) is 10.2 Å². The number of ether oxygens (including phenoxy) is 1. The predicted octanol–water partition coefficient (Wildman–Crippen LogP) is 6.00. The molecule has 0 saturated carbocycles. The lowest BCUT2D eigenvalue weighted by Gasteiger charge is -2.11. The topological polar surface area (TPSA) is 39.9 Å². The minimum Gasteiger partial charge on any atom is -0.497 e. The predicted molar refractivity (Wildman–Crippen MR) is 117 cm³/mol. The number of hydrogen-bond donors (Lipinski definition) is 0. The number of methoxy groups -OCH3 is 1. The molecule has 28 heavy (non-hydrogen) atoms. The second kappa shape index (κ2) is 8.63. The molecule has 0 aliphatic carbocycles. The first-order valence-corrected chi connectivity index (χ1v) is 10.5. The van der Waals surface area contributed by atoms with Crippen molar-refractivity contribution in [1.82, 2.24) is 14.8 Å². The Balaban J connectivity index is 1.71. The quantitative estimate of drug-likeness (QED) is 0.337. The standard InChI is InChI=1S/C22H18BrN3OS/c1-27-20-12-10-17(11-13-20)21-24-25-22(26(21)19-8-3-2-4-9-19)28-15-16-6-5-7-18(23)14-16/h2-14H,15H2,1H3. The van der Waals surface area contributed by atoms with Crippen LogP contribution in [0, 0.1) is 0 Å². The van der Waals surface area contributed by atoms with Crippen molar-refractivity contribution in [2.24, 2.45) is 0 Å². The molecule has 0 unspecified atom stereocenters. The number of nitrogens with zero attached hydrogens (tertiary/aromatic N) is 3. The van der Waals surface area contributed by atoms with Gasteiger partial charge in [0.2, 0.25) is 0 Å². The van der Waals surface area contributed by atoms with Crippen LogP contribution in [0.5, 0.6) is 5.75 Å². The van der Waals surface area contributed by atoms with Gasteiger partial charge in [-0.2, -0.15) is 0 Å². The van der Waals surface area contributed by atoms with Crippen LogP contribution in [0.1, 0.15) is 5.56 Å². The van der Waals surface area contributed by atoms with Crippen molar-refractivity contribution in [3.05, 3.63) is 88.9 Å². The van der Waals surface area contributed by atoms with Crippen LogP contribution in [0.4, 0.5) is 0 Å². The molecule has 0 saturated heterocycles. The molecule has 0 N–H and O–H groups in total. The molecule has 0 spiro atoms. The lowest BCUT2D eigenvalue weighted by Crippen LogP contribution is -1.99. The zero-order valence-corrected chi connectivity index (χ0v) is 17.7. The molecule has 0 radical (unpaired) electrons. The lowest BCUT2D eigenvalue weighted by molar-refractivity contribution is 0.415. The van der Waals surface area contributed by atoms with Gasteiger partial charge in [-0.1, -0.05) is 58.0 Å². The molecular formula is C22H18BrN3OS. The van der Waals surface area contributed by atoms with Crippen LogP contribution in [0.2, 0.25) is 0 Å². The molecule has 6 heteroatoms. The highest BCUT2D eigenvalue weighted by molar-refractivity contribution is 9.10. The van der Waals surface area contributed by atoms with Crippen LogP contribution >= 0.6 is 27.7 Å². The molecule has 3 aromatic carbocycles. The fourth-order valence-electron chi connectivity index (χ4n) is 2.87. The van der Waals surface area contributed by atoms with Crippen LogP contribution in [0.15, 0.2) is 88.5 Å². The normalized spacial score (nSPS) is 10.8. The van der Waals surface area contributed by atoms with E-state index in [0.717, 1.165) is 38.2 Å². The van der Waals surface area contributed by atoms with Gasteiger partial charge in [-0.05, 0) is 54.1 Å². The van der Waals surface area contributed by atoms with E-state index < -0.39 is 0 Å². The van der Waals surface area contributed by atoms with Gasteiger partial charge in [0.25, 0.3) is 0 Å². The fraction of sp³-hybridized carbons (Fsp3) is 0.0909. The molecule has 0 amide bonds. The zero-order valence-electron chi connectivity index (χ0n) is 15.2. The molecule has 0 bridgehead atoms. The molecule has 4 nitrogen and oxygen atoms in total. The first-order valence-electron chi connectivity index (χ1n) is 8.77. The van der Waals surface area contributed by atoms with Crippen molar-refractivity contribution in [2.75, 3.05) is 7.11 Å². The minimum atomic E-state index is 0.811. The first kappa shape index (κ1) is 18.8. The van der Waals surface area contributed by atoms with Crippen molar-refractivity contribution in [2.45, 2.75) is 10.9 Å². The smallest absolute Gasteiger partial charge is 0.196 e. The first-order chi connectivity index (χ1) is 13.7. The molecule has 1 heterocycles. The second-order valence-corrected chi connectivity index (χ2v) is 7.98. The summed E-state index contributed by atoms with van der Waals surface area (Å²) in [4.78, 5) is 0. The number of halogens is 1. The van der Waals surface area contributed by atoms with Gasteiger partial charge < -0.3 is 4.74 Å². The van der Waals surface area contributed by atoms with Crippen molar-refractivity contribution in [3.63, 3.8) is 0 Å². The third-order valence-corrected chi connectivity index (χ3v) is 5.75. The van der Waals surface area contributed by atoms with Crippen LogP contribution in [0.3, 0.4) is 0 Å². The second-order valence-electron chi connectivity index (χ2n) is 6.12. The number of aromatic nitrogens is 3. The molecule has 0 fully saturated rings. The van der Waals surface area contributed by atoms with E-state index >= 15 is 0 Å². The fourth-order valence-corrected chi connectivity index (χ4v) is 4.22. The van der Waals surface area contributed by atoms with Gasteiger partial charge in [0.15, 0.2) is 11.0 Å². The van der Waals surface area contributed by atoms with Gasteiger partial charge in [0.1, 0.15) is 5.75 Å². The lowest BCUT2D eigenvalue weighted by atomic mass is 10.2. The van der Waals surface area contributed by atoms with Crippen molar-refractivity contribution < 1.29 is 4.74 Å². The summed E-state index contributed by atoms with van der Waals surface area (Å²) in [5, 5.41) is 9.83. The number of benzene rings is 3. The molecule has 1 aromatic heterocycles. The van der Waals surface area contributed by atoms with Crippen LogP contribution < -0.4 is 4.74 Å². The Kier molecular flexibility index (Phi) is 5.78. The third-order valence-electron chi connectivity index (χ3n) is 4.25. The van der Waals surface area contributed by atoms with Crippen LogP contribution in [-0.4, -0.2) is 21.9 Å². The molecular weight excluding hydrogens is 434 g/mol. The average molecular weight is 452 g/mol. The summed E-state index contributed by atoms with van der Waals surface area (Å²) in [6.45, 7) is 0. The third kappa shape index (κ3) is 4.13. The van der Waals surface area contributed by atoms with E-state index in [1.54, 1.807) is 18.9 Å². The van der Waals surface area contributed by atoms with E-state index in [9.17, 15) is 0 Å². The Bertz CT molecular complexity index is 1060. The summed E-state index contributed by atoms with van der Waals surface area (Å²) in [6.07, 6.45) is 0. The Morgan fingerprint density at radius 1 is 0.929 bits per heavy atom. The molecule has 0 aliphatic rings. The Morgan fingerprint density at radius 3 is 2.43 bits per heavy atom.